The zero-order valence-corrected chi connectivity index (χ0v) is 20.9. The molecule has 0 radical (unpaired) electrons. The molecule has 180 valence electrons. The monoisotopic (exact) mass is 502 g/mol. The first-order valence-corrected chi connectivity index (χ1v) is 13.3. The molecular weight excluding hydrogens is 480 g/mol. The normalized spacial score (nSPS) is 12.1. The third-order valence-electron chi connectivity index (χ3n) is 6.48. The molecule has 0 aliphatic carbocycles. The largest absolute Gasteiger partial charge is 0.336 e. The SMILES string of the molecule is Cn1cncc1C(c1ccc(C#N)c(-c2cccc3ccccc23)c1)S(=O)(=O)Cc1ccc(C#N)cc1. The number of aryl methyl sites for hydroxylation is 1. The Morgan fingerprint density at radius 1 is 0.892 bits per heavy atom. The third-order valence-corrected chi connectivity index (χ3v) is 8.45. The van der Waals surface area contributed by atoms with E-state index < -0.39 is 15.1 Å². The van der Waals surface area contributed by atoms with Gasteiger partial charge in [-0.25, -0.2) is 13.4 Å². The topological polar surface area (TPSA) is 99.5 Å². The number of hydrogen-bond acceptors (Lipinski definition) is 5. The zero-order valence-electron chi connectivity index (χ0n) is 20.0. The summed E-state index contributed by atoms with van der Waals surface area (Å²) in [5, 5.41) is 20.0. The standard InChI is InChI=1S/C30H22N4O2S/c1-34-20-33-18-29(34)30(37(35,36)19-22-11-9-21(16-31)10-12-22)24-13-14-25(17-32)28(15-24)27-8-4-6-23-5-2-3-7-26(23)27/h2-15,18,20,30H,19H2,1H3. The van der Waals surface area contributed by atoms with Gasteiger partial charge in [-0.15, -0.1) is 0 Å². The Labute approximate surface area is 215 Å². The molecule has 0 N–H and O–H groups in total. The van der Waals surface area contributed by atoms with Crippen molar-refractivity contribution >= 4 is 20.6 Å². The van der Waals surface area contributed by atoms with Gasteiger partial charge in [0, 0.05) is 18.8 Å². The third kappa shape index (κ3) is 4.61. The van der Waals surface area contributed by atoms with Crippen LogP contribution in [0.4, 0.5) is 0 Å². The molecule has 5 rings (SSSR count). The molecule has 0 spiro atoms. The predicted molar refractivity (Wildman–Crippen MR) is 143 cm³/mol. The number of nitrogens with zero attached hydrogens (tertiary/aromatic N) is 4. The Bertz CT molecular complexity index is 1800. The van der Waals surface area contributed by atoms with Gasteiger partial charge in [0.05, 0.1) is 41.0 Å². The van der Waals surface area contributed by atoms with Gasteiger partial charge in [0.1, 0.15) is 5.25 Å². The van der Waals surface area contributed by atoms with Gasteiger partial charge < -0.3 is 4.57 Å². The van der Waals surface area contributed by atoms with Gasteiger partial charge >= 0.3 is 0 Å². The van der Waals surface area contributed by atoms with Gasteiger partial charge in [0.2, 0.25) is 0 Å². The maximum Gasteiger partial charge on any atom is 0.167 e. The van der Waals surface area contributed by atoms with Crippen LogP contribution in [0.25, 0.3) is 21.9 Å². The van der Waals surface area contributed by atoms with Crippen LogP contribution in [-0.4, -0.2) is 18.0 Å². The van der Waals surface area contributed by atoms with Crippen molar-refractivity contribution in [1.82, 2.24) is 9.55 Å². The molecule has 37 heavy (non-hydrogen) atoms. The molecule has 5 aromatic rings. The van der Waals surface area contributed by atoms with Crippen molar-refractivity contribution in [3.8, 4) is 23.3 Å². The number of benzene rings is 4. The highest BCUT2D eigenvalue weighted by molar-refractivity contribution is 7.91. The van der Waals surface area contributed by atoms with Crippen LogP contribution < -0.4 is 0 Å². The molecule has 0 bridgehead atoms. The van der Waals surface area contributed by atoms with E-state index in [1.54, 1.807) is 60.5 Å². The second-order valence-electron chi connectivity index (χ2n) is 8.87. The maximum atomic E-state index is 13.9. The van der Waals surface area contributed by atoms with Crippen molar-refractivity contribution in [3.63, 3.8) is 0 Å². The number of aromatic nitrogens is 2. The van der Waals surface area contributed by atoms with Gasteiger partial charge in [-0.3, -0.25) is 0 Å². The Kier molecular flexibility index (Phi) is 6.31. The molecule has 1 aromatic heterocycles. The van der Waals surface area contributed by atoms with Crippen LogP contribution in [0.5, 0.6) is 0 Å². The number of nitriles is 2. The molecule has 1 heterocycles. The Balaban J connectivity index is 1.68. The molecular formula is C30H22N4O2S. The highest BCUT2D eigenvalue weighted by atomic mass is 32.2. The summed E-state index contributed by atoms with van der Waals surface area (Å²) in [6.45, 7) is 0. The second kappa shape index (κ2) is 9.73. The van der Waals surface area contributed by atoms with Gasteiger partial charge in [-0.05, 0) is 51.7 Å². The number of sulfone groups is 1. The lowest BCUT2D eigenvalue weighted by atomic mass is 9.92. The highest BCUT2D eigenvalue weighted by Crippen LogP contribution is 2.37. The van der Waals surface area contributed by atoms with E-state index in [0.717, 1.165) is 16.3 Å². The first-order valence-electron chi connectivity index (χ1n) is 11.6. The average molecular weight is 503 g/mol. The molecule has 7 heteroatoms. The van der Waals surface area contributed by atoms with Crippen molar-refractivity contribution in [3.05, 3.63) is 125 Å². The van der Waals surface area contributed by atoms with Gasteiger partial charge in [0.15, 0.2) is 9.84 Å². The Hall–Kier alpha value is -4.72. The van der Waals surface area contributed by atoms with E-state index in [-0.39, 0.29) is 5.75 Å². The van der Waals surface area contributed by atoms with Crippen LogP contribution in [0.3, 0.4) is 0 Å². The van der Waals surface area contributed by atoms with E-state index in [0.29, 0.717) is 33.5 Å². The lowest BCUT2D eigenvalue weighted by Crippen LogP contribution is -2.19. The second-order valence-corrected chi connectivity index (χ2v) is 11.0. The first kappa shape index (κ1) is 24.0. The summed E-state index contributed by atoms with van der Waals surface area (Å²) in [5.74, 6) is -0.210. The Morgan fingerprint density at radius 3 is 2.35 bits per heavy atom. The molecule has 0 amide bonds. The molecule has 0 aliphatic rings. The van der Waals surface area contributed by atoms with Crippen molar-refractivity contribution in [1.29, 1.82) is 10.5 Å². The summed E-state index contributed by atoms with van der Waals surface area (Å²) < 4.78 is 29.6. The van der Waals surface area contributed by atoms with Gasteiger partial charge in [-0.2, -0.15) is 10.5 Å². The predicted octanol–water partition coefficient (Wildman–Crippen LogP) is 5.69. The van der Waals surface area contributed by atoms with Crippen LogP contribution in [0.1, 0.15) is 33.2 Å². The van der Waals surface area contributed by atoms with Gasteiger partial charge in [-0.1, -0.05) is 60.7 Å². The van der Waals surface area contributed by atoms with Crippen LogP contribution in [-0.2, 0) is 22.6 Å². The highest BCUT2D eigenvalue weighted by Gasteiger charge is 2.32. The quantitative estimate of drug-likeness (QED) is 0.297. The Morgan fingerprint density at radius 2 is 1.65 bits per heavy atom. The molecule has 0 aliphatic heterocycles. The average Bonchev–Trinajstić information content (AvgIpc) is 3.33. The minimum Gasteiger partial charge on any atom is -0.336 e. The summed E-state index contributed by atoms with van der Waals surface area (Å²) in [6.07, 6.45) is 3.14. The van der Waals surface area contributed by atoms with E-state index in [1.165, 1.54) is 0 Å². The van der Waals surface area contributed by atoms with E-state index in [4.69, 9.17) is 5.26 Å². The fraction of sp³-hybridized carbons (Fsp3) is 0.100. The van der Waals surface area contributed by atoms with Crippen molar-refractivity contribution in [2.75, 3.05) is 0 Å². The number of rotatable bonds is 6. The first-order chi connectivity index (χ1) is 17.9. The summed E-state index contributed by atoms with van der Waals surface area (Å²) in [6, 6.07) is 29.9. The minimum atomic E-state index is -3.78. The van der Waals surface area contributed by atoms with Gasteiger partial charge in [0.25, 0.3) is 0 Å². The van der Waals surface area contributed by atoms with E-state index in [2.05, 4.69) is 17.1 Å². The number of imidazole rings is 1. The molecule has 6 nitrogen and oxygen atoms in total. The van der Waals surface area contributed by atoms with Crippen LogP contribution in [0.15, 0.2) is 97.5 Å². The lowest BCUT2D eigenvalue weighted by molar-refractivity contribution is 0.585. The van der Waals surface area contributed by atoms with E-state index >= 15 is 0 Å². The molecule has 0 saturated carbocycles. The number of hydrogen-bond donors (Lipinski definition) is 0. The van der Waals surface area contributed by atoms with E-state index in [1.807, 2.05) is 48.5 Å². The molecule has 1 atom stereocenters. The summed E-state index contributed by atoms with van der Waals surface area (Å²) in [7, 11) is -2.02. The minimum absolute atomic E-state index is 0.210. The fourth-order valence-electron chi connectivity index (χ4n) is 4.68. The zero-order chi connectivity index (χ0) is 26.0. The smallest absolute Gasteiger partial charge is 0.167 e. The summed E-state index contributed by atoms with van der Waals surface area (Å²) in [5.41, 5.74) is 4.15. The lowest BCUT2D eigenvalue weighted by Gasteiger charge is -2.20. The molecule has 0 fully saturated rings. The molecule has 1 unspecified atom stereocenters. The maximum absolute atomic E-state index is 13.9. The fourth-order valence-corrected chi connectivity index (χ4v) is 6.66. The molecule has 0 saturated heterocycles. The van der Waals surface area contributed by atoms with E-state index in [9.17, 15) is 13.7 Å². The summed E-state index contributed by atoms with van der Waals surface area (Å²) in [4.78, 5) is 4.18. The summed E-state index contributed by atoms with van der Waals surface area (Å²) >= 11 is 0. The van der Waals surface area contributed by atoms with Crippen LogP contribution in [0.2, 0.25) is 0 Å². The van der Waals surface area contributed by atoms with Crippen molar-refractivity contribution in [2.45, 2.75) is 11.0 Å². The number of fused-ring (bicyclic) bond motifs is 1. The van der Waals surface area contributed by atoms with Crippen LogP contribution in [0, 0.1) is 22.7 Å². The van der Waals surface area contributed by atoms with Crippen LogP contribution >= 0.6 is 0 Å². The van der Waals surface area contributed by atoms with Crippen molar-refractivity contribution < 1.29 is 8.42 Å². The molecule has 4 aromatic carbocycles. The van der Waals surface area contributed by atoms with Crippen molar-refractivity contribution in [2.24, 2.45) is 7.05 Å².